The summed E-state index contributed by atoms with van der Waals surface area (Å²) in [5.74, 6) is 0.594. The Labute approximate surface area is 119 Å². The van der Waals surface area contributed by atoms with Crippen molar-refractivity contribution in [3.8, 4) is 0 Å². The minimum Gasteiger partial charge on any atom is -0.389 e. The normalized spacial score (nSPS) is 15.5. The molecule has 0 aromatic heterocycles. The molecule has 2 N–H and O–H groups in total. The molecule has 4 heteroatoms. The summed E-state index contributed by atoms with van der Waals surface area (Å²) in [7, 11) is 0. The summed E-state index contributed by atoms with van der Waals surface area (Å²) >= 11 is 4.86. The second kappa shape index (κ2) is 6.44. The van der Waals surface area contributed by atoms with Crippen LogP contribution in [0.3, 0.4) is 0 Å². The van der Waals surface area contributed by atoms with Crippen LogP contribution in [0.5, 0.6) is 0 Å². The van der Waals surface area contributed by atoms with Crippen molar-refractivity contribution in [1.29, 1.82) is 0 Å². The summed E-state index contributed by atoms with van der Waals surface area (Å²) in [4.78, 5) is 2.55. The highest BCUT2D eigenvalue weighted by Crippen LogP contribution is 2.27. The number of nitrogens with zero attached hydrogens (tertiary/aromatic N) is 1. The molecule has 0 amide bonds. The lowest BCUT2D eigenvalue weighted by molar-refractivity contribution is 0.177. The number of halogens is 1. The Balaban J connectivity index is 2.01. The Hall–Kier alpha value is -1.00. The zero-order valence-electron chi connectivity index (χ0n) is 11.4. The number of rotatable bonds is 6. The van der Waals surface area contributed by atoms with Crippen LogP contribution in [-0.2, 0) is 6.54 Å². The molecule has 1 aliphatic carbocycles. The van der Waals surface area contributed by atoms with Gasteiger partial charge in [-0.2, -0.15) is 0 Å². The molecule has 2 nitrogen and oxygen atoms in total. The minimum atomic E-state index is -0.211. The van der Waals surface area contributed by atoms with Gasteiger partial charge >= 0.3 is 0 Å². The Morgan fingerprint density at radius 1 is 1.47 bits per heavy atom. The third kappa shape index (κ3) is 3.74. The highest BCUT2D eigenvalue weighted by molar-refractivity contribution is 7.80. The summed E-state index contributed by atoms with van der Waals surface area (Å²) in [5, 5.41) is 0. The molecule has 0 unspecified atom stereocenters. The van der Waals surface area contributed by atoms with Crippen molar-refractivity contribution in [3.63, 3.8) is 0 Å². The van der Waals surface area contributed by atoms with E-state index in [0.29, 0.717) is 12.1 Å². The van der Waals surface area contributed by atoms with E-state index in [4.69, 9.17) is 18.0 Å². The number of hydrogen-bond donors (Lipinski definition) is 1. The number of nitrogens with two attached hydrogens (primary N) is 1. The van der Waals surface area contributed by atoms with Gasteiger partial charge in [0.2, 0.25) is 0 Å². The molecular weight excluding hydrogens is 259 g/mol. The molecule has 0 heterocycles. The van der Waals surface area contributed by atoms with Gasteiger partial charge in [0.05, 0.1) is 0 Å². The fourth-order valence-electron chi connectivity index (χ4n) is 2.42. The third-order valence-corrected chi connectivity index (χ3v) is 4.16. The predicted octanol–water partition coefficient (Wildman–Crippen LogP) is 3.08. The number of hydrogen-bond acceptors (Lipinski definition) is 2. The largest absolute Gasteiger partial charge is 0.389 e. The smallest absolute Gasteiger partial charge is 0.128 e. The molecule has 1 aliphatic rings. The lowest BCUT2D eigenvalue weighted by atomic mass is 9.85. The first kappa shape index (κ1) is 14.4. The zero-order valence-corrected chi connectivity index (χ0v) is 12.2. The van der Waals surface area contributed by atoms with Crippen molar-refractivity contribution in [2.45, 2.75) is 32.7 Å². The Kier molecular flexibility index (Phi) is 4.88. The van der Waals surface area contributed by atoms with Crippen LogP contribution in [0.25, 0.3) is 0 Å². The van der Waals surface area contributed by atoms with Gasteiger partial charge in [-0.25, -0.2) is 4.39 Å². The van der Waals surface area contributed by atoms with Crippen molar-refractivity contribution in [2.24, 2.45) is 11.7 Å². The fraction of sp³-hybridized carbons (Fsp3) is 0.533. The Morgan fingerprint density at radius 3 is 2.68 bits per heavy atom. The summed E-state index contributed by atoms with van der Waals surface area (Å²) in [5.41, 5.74) is 6.82. The van der Waals surface area contributed by atoms with Crippen LogP contribution in [-0.4, -0.2) is 23.0 Å². The first-order valence-corrected chi connectivity index (χ1v) is 7.31. The average molecular weight is 280 g/mol. The second-order valence-corrected chi connectivity index (χ2v) is 5.73. The fourth-order valence-corrected chi connectivity index (χ4v) is 2.54. The minimum absolute atomic E-state index is 0.211. The molecule has 0 spiro atoms. The highest BCUT2D eigenvalue weighted by atomic mass is 32.1. The van der Waals surface area contributed by atoms with E-state index in [2.05, 4.69) is 11.8 Å². The molecular formula is C15H21FN2S. The molecule has 104 valence electrons. The van der Waals surface area contributed by atoms with E-state index < -0.39 is 0 Å². The second-order valence-electron chi connectivity index (χ2n) is 5.30. The topological polar surface area (TPSA) is 29.3 Å². The van der Waals surface area contributed by atoms with Crippen LogP contribution in [0.15, 0.2) is 18.2 Å². The van der Waals surface area contributed by atoms with Crippen molar-refractivity contribution in [1.82, 2.24) is 4.90 Å². The van der Waals surface area contributed by atoms with Crippen molar-refractivity contribution >= 4 is 17.2 Å². The van der Waals surface area contributed by atoms with Crippen LogP contribution in [0, 0.1) is 11.7 Å². The van der Waals surface area contributed by atoms with Gasteiger partial charge in [0.25, 0.3) is 0 Å². The van der Waals surface area contributed by atoms with Crippen LogP contribution in [0.1, 0.15) is 37.3 Å². The SMILES string of the molecule is CCN(Cc1ccc(C(N)=S)cc1F)CC1CCC1. The van der Waals surface area contributed by atoms with Crippen LogP contribution < -0.4 is 5.73 Å². The average Bonchev–Trinajstić information content (AvgIpc) is 2.33. The summed E-state index contributed by atoms with van der Waals surface area (Å²) < 4.78 is 14.0. The molecule has 1 fully saturated rings. The first-order valence-electron chi connectivity index (χ1n) is 6.90. The van der Waals surface area contributed by atoms with Crippen LogP contribution in [0.2, 0.25) is 0 Å². The van der Waals surface area contributed by atoms with Crippen molar-refractivity contribution in [3.05, 3.63) is 35.1 Å². The van der Waals surface area contributed by atoms with Gasteiger partial charge in [-0.05, 0) is 31.4 Å². The van der Waals surface area contributed by atoms with E-state index in [1.807, 2.05) is 0 Å². The lowest BCUT2D eigenvalue weighted by Crippen LogP contribution is -2.32. The van der Waals surface area contributed by atoms with E-state index in [1.165, 1.54) is 25.3 Å². The Bertz CT molecular complexity index is 457. The zero-order chi connectivity index (χ0) is 13.8. The van der Waals surface area contributed by atoms with E-state index >= 15 is 0 Å². The molecule has 1 aromatic rings. The molecule has 0 atom stereocenters. The predicted molar refractivity (Wildman–Crippen MR) is 80.6 cm³/mol. The standard InChI is InChI=1S/C15H21FN2S/c1-2-18(9-11-4-3-5-11)10-13-7-6-12(15(17)19)8-14(13)16/h6-8,11H,2-5,9-10H2,1H3,(H2,17,19). The maximum absolute atomic E-state index is 14.0. The molecule has 0 aliphatic heterocycles. The van der Waals surface area contributed by atoms with Crippen molar-refractivity contribution in [2.75, 3.05) is 13.1 Å². The van der Waals surface area contributed by atoms with E-state index in [9.17, 15) is 4.39 Å². The summed E-state index contributed by atoms with van der Waals surface area (Å²) in [6.07, 6.45) is 3.98. The van der Waals surface area contributed by atoms with Crippen molar-refractivity contribution < 1.29 is 4.39 Å². The first-order chi connectivity index (χ1) is 9.10. The van der Waals surface area contributed by atoms with Gasteiger partial charge < -0.3 is 5.73 Å². The lowest BCUT2D eigenvalue weighted by Gasteiger charge is -2.31. The Morgan fingerprint density at radius 2 is 2.21 bits per heavy atom. The van der Waals surface area contributed by atoms with Gasteiger partial charge in [-0.15, -0.1) is 0 Å². The maximum Gasteiger partial charge on any atom is 0.128 e. The highest BCUT2D eigenvalue weighted by Gasteiger charge is 2.20. The summed E-state index contributed by atoms with van der Waals surface area (Å²) in [6.45, 7) is 4.82. The van der Waals surface area contributed by atoms with Gasteiger partial charge in [-0.1, -0.05) is 37.7 Å². The molecule has 0 radical (unpaired) electrons. The molecule has 19 heavy (non-hydrogen) atoms. The number of thiocarbonyl (C=S) groups is 1. The maximum atomic E-state index is 14.0. The monoisotopic (exact) mass is 280 g/mol. The molecule has 1 saturated carbocycles. The third-order valence-electron chi connectivity index (χ3n) is 3.92. The van der Waals surface area contributed by atoms with Gasteiger partial charge in [0.15, 0.2) is 0 Å². The number of benzene rings is 1. The van der Waals surface area contributed by atoms with E-state index in [-0.39, 0.29) is 10.8 Å². The van der Waals surface area contributed by atoms with Crippen LogP contribution >= 0.6 is 12.2 Å². The van der Waals surface area contributed by atoms with Crippen LogP contribution in [0.4, 0.5) is 4.39 Å². The molecule has 1 aromatic carbocycles. The molecule has 2 rings (SSSR count). The van der Waals surface area contributed by atoms with E-state index in [1.54, 1.807) is 12.1 Å². The quantitative estimate of drug-likeness (QED) is 0.812. The van der Waals surface area contributed by atoms with Gasteiger partial charge in [-0.3, -0.25) is 4.90 Å². The summed E-state index contributed by atoms with van der Waals surface area (Å²) in [6, 6.07) is 5.04. The van der Waals surface area contributed by atoms with Gasteiger partial charge in [0, 0.05) is 24.2 Å². The van der Waals surface area contributed by atoms with Gasteiger partial charge in [0.1, 0.15) is 10.8 Å². The molecule has 0 bridgehead atoms. The molecule has 0 saturated heterocycles. The van der Waals surface area contributed by atoms with E-state index in [0.717, 1.165) is 24.6 Å².